The number of halogens is 1. The van der Waals surface area contributed by atoms with Gasteiger partial charge in [0.25, 0.3) is 0 Å². The highest BCUT2D eigenvalue weighted by molar-refractivity contribution is 5.78. The highest BCUT2D eigenvalue weighted by Gasteiger charge is 2.40. The lowest BCUT2D eigenvalue weighted by molar-refractivity contribution is -0.799. The Bertz CT molecular complexity index is 733. The van der Waals surface area contributed by atoms with Crippen molar-refractivity contribution in [2.24, 2.45) is 4.99 Å². The maximum Gasteiger partial charge on any atom is 0.205 e. The van der Waals surface area contributed by atoms with Gasteiger partial charge in [-0.3, -0.25) is 0 Å². The second-order valence-corrected chi connectivity index (χ2v) is 10.4. The summed E-state index contributed by atoms with van der Waals surface area (Å²) in [5, 5.41) is 9.60. The first kappa shape index (κ1) is 32.6. The van der Waals surface area contributed by atoms with Gasteiger partial charge in [0.05, 0.1) is 19.2 Å². The topological polar surface area (TPSA) is 32.6 Å². The summed E-state index contributed by atoms with van der Waals surface area (Å²) in [5.41, 5.74) is 1.30. The fraction of sp³-hybridized carbons (Fsp3) is 0.656. The van der Waals surface area contributed by atoms with Gasteiger partial charge in [0, 0.05) is 5.56 Å². The first-order valence-electron chi connectivity index (χ1n) is 14.6. The van der Waals surface area contributed by atoms with Crippen molar-refractivity contribution in [3.63, 3.8) is 0 Å². The molecule has 2 rings (SSSR count). The molecular formula is C32H53ClN2O. The van der Waals surface area contributed by atoms with Crippen LogP contribution in [0.3, 0.4) is 0 Å². The number of rotatable bonds is 21. The van der Waals surface area contributed by atoms with Crippen LogP contribution in [0.4, 0.5) is 0 Å². The monoisotopic (exact) mass is 516 g/mol. The SMILES string of the molecule is C=C[N+]1(Cc2ccccc2)CC(CCCCCCCCC=CCCCCCCCC)N=C1CCO.[Cl-]. The Kier molecular flexibility index (Phi) is 18.7. The van der Waals surface area contributed by atoms with Gasteiger partial charge in [0.2, 0.25) is 5.84 Å². The smallest absolute Gasteiger partial charge is 0.205 e. The van der Waals surface area contributed by atoms with Gasteiger partial charge >= 0.3 is 0 Å². The number of aliphatic hydroxyl groups is 1. The molecule has 204 valence electrons. The third kappa shape index (κ3) is 12.7. The molecule has 2 atom stereocenters. The number of hydrogen-bond donors (Lipinski definition) is 1. The molecule has 0 amide bonds. The standard InChI is InChI=1S/C32H53N2O.ClH/c1-3-5-6-7-8-9-10-11-12-13-14-15-16-17-18-22-25-31-29-34(4-2,32(33-31)26-27-35)28-30-23-20-19-21-24-30;/h4,11-12,19-21,23-24,31,35H,2-3,5-10,13-18,22,25-29H2,1H3;1H/q+1;/p-1. The minimum Gasteiger partial charge on any atom is -1.00 e. The van der Waals surface area contributed by atoms with E-state index in [1.165, 1.54) is 95.5 Å². The number of allylic oxidation sites excluding steroid dienone is 2. The van der Waals surface area contributed by atoms with E-state index in [4.69, 9.17) is 4.99 Å². The second-order valence-electron chi connectivity index (χ2n) is 10.4. The highest BCUT2D eigenvalue weighted by Crippen LogP contribution is 2.28. The molecule has 1 heterocycles. The molecular weight excluding hydrogens is 464 g/mol. The van der Waals surface area contributed by atoms with Crippen molar-refractivity contribution < 1.29 is 22.0 Å². The average Bonchev–Trinajstić information content (AvgIpc) is 3.21. The largest absolute Gasteiger partial charge is 1.00 e. The molecule has 1 aromatic carbocycles. The van der Waals surface area contributed by atoms with E-state index in [1.54, 1.807) is 0 Å². The number of quaternary nitrogens is 1. The van der Waals surface area contributed by atoms with Crippen molar-refractivity contribution in [1.82, 2.24) is 0 Å². The third-order valence-corrected chi connectivity index (χ3v) is 7.42. The molecule has 1 N–H and O–H groups in total. The fourth-order valence-electron chi connectivity index (χ4n) is 5.33. The van der Waals surface area contributed by atoms with E-state index in [2.05, 4.69) is 56.0 Å². The molecule has 4 heteroatoms. The van der Waals surface area contributed by atoms with Gasteiger partial charge in [-0.1, -0.05) is 114 Å². The van der Waals surface area contributed by atoms with E-state index in [0.717, 1.165) is 25.3 Å². The van der Waals surface area contributed by atoms with Crippen molar-refractivity contribution in [2.75, 3.05) is 13.2 Å². The lowest BCUT2D eigenvalue weighted by Crippen LogP contribution is -3.00. The minimum atomic E-state index is 0. The van der Waals surface area contributed by atoms with Crippen molar-refractivity contribution in [2.45, 2.75) is 122 Å². The Labute approximate surface area is 228 Å². The summed E-state index contributed by atoms with van der Waals surface area (Å²) in [4.78, 5) is 5.06. The van der Waals surface area contributed by atoms with Crippen LogP contribution in [0.15, 0.2) is 60.3 Å². The Morgan fingerprint density at radius 3 is 2.06 bits per heavy atom. The predicted molar refractivity (Wildman–Crippen MR) is 152 cm³/mol. The first-order chi connectivity index (χ1) is 17.2. The van der Waals surface area contributed by atoms with Gasteiger partial charge in [-0.2, -0.15) is 0 Å². The van der Waals surface area contributed by atoms with Crippen LogP contribution in [0.2, 0.25) is 0 Å². The Morgan fingerprint density at radius 2 is 1.47 bits per heavy atom. The molecule has 0 fully saturated rings. The van der Waals surface area contributed by atoms with Gasteiger partial charge in [-0.05, 0) is 38.7 Å². The summed E-state index contributed by atoms with van der Waals surface area (Å²) in [6.45, 7) is 8.47. The zero-order valence-electron chi connectivity index (χ0n) is 23.1. The van der Waals surface area contributed by atoms with Gasteiger partial charge in [-0.25, -0.2) is 9.48 Å². The number of nitrogens with zero attached hydrogens (tertiary/aromatic N) is 2. The van der Waals surface area contributed by atoms with Gasteiger partial charge < -0.3 is 17.5 Å². The Morgan fingerprint density at radius 1 is 0.889 bits per heavy atom. The van der Waals surface area contributed by atoms with Gasteiger partial charge in [-0.15, -0.1) is 0 Å². The molecule has 1 aliphatic heterocycles. The summed E-state index contributed by atoms with van der Waals surface area (Å²) in [6.07, 6.45) is 27.5. The lowest BCUT2D eigenvalue weighted by Gasteiger charge is -2.31. The molecule has 0 spiro atoms. The van der Waals surface area contributed by atoms with Crippen LogP contribution in [0, 0.1) is 0 Å². The number of aliphatic hydroxyl groups excluding tert-OH is 1. The van der Waals surface area contributed by atoms with E-state index < -0.39 is 0 Å². The molecule has 2 unspecified atom stereocenters. The van der Waals surface area contributed by atoms with Crippen LogP contribution in [0.5, 0.6) is 0 Å². The fourth-order valence-corrected chi connectivity index (χ4v) is 5.33. The molecule has 0 saturated carbocycles. The summed E-state index contributed by atoms with van der Waals surface area (Å²) < 4.78 is 0.696. The molecule has 0 radical (unpaired) electrons. The third-order valence-electron chi connectivity index (χ3n) is 7.42. The van der Waals surface area contributed by atoms with Crippen LogP contribution in [-0.4, -0.2) is 34.6 Å². The maximum atomic E-state index is 9.60. The molecule has 0 bridgehead atoms. The van der Waals surface area contributed by atoms with Crippen molar-refractivity contribution in [3.05, 3.63) is 60.8 Å². The molecule has 1 aromatic rings. The van der Waals surface area contributed by atoms with E-state index in [0.29, 0.717) is 16.9 Å². The first-order valence-corrected chi connectivity index (χ1v) is 14.6. The lowest BCUT2D eigenvalue weighted by atomic mass is 10.0. The molecule has 0 aliphatic carbocycles. The van der Waals surface area contributed by atoms with Gasteiger partial charge in [0.15, 0.2) is 0 Å². The second kappa shape index (κ2) is 20.6. The minimum absolute atomic E-state index is 0. The molecule has 36 heavy (non-hydrogen) atoms. The summed E-state index contributed by atoms with van der Waals surface area (Å²) in [6, 6.07) is 11.0. The van der Waals surface area contributed by atoms with Crippen molar-refractivity contribution in [1.29, 1.82) is 0 Å². The van der Waals surface area contributed by atoms with Gasteiger partial charge in [0.1, 0.15) is 19.1 Å². The number of unbranched alkanes of at least 4 members (excludes halogenated alkanes) is 12. The molecule has 1 aliphatic rings. The van der Waals surface area contributed by atoms with Crippen LogP contribution in [0.1, 0.15) is 115 Å². The Hall–Kier alpha value is -1.42. The van der Waals surface area contributed by atoms with E-state index >= 15 is 0 Å². The summed E-state index contributed by atoms with van der Waals surface area (Å²) >= 11 is 0. The van der Waals surface area contributed by atoms with E-state index in [1.807, 2.05) is 6.20 Å². The molecule has 3 nitrogen and oxygen atoms in total. The highest BCUT2D eigenvalue weighted by atomic mass is 35.5. The van der Waals surface area contributed by atoms with Crippen molar-refractivity contribution in [3.8, 4) is 0 Å². The average molecular weight is 517 g/mol. The van der Waals surface area contributed by atoms with E-state index in [9.17, 15) is 5.11 Å². The number of benzene rings is 1. The van der Waals surface area contributed by atoms with Crippen LogP contribution in [0.25, 0.3) is 0 Å². The zero-order chi connectivity index (χ0) is 25.0. The van der Waals surface area contributed by atoms with Crippen LogP contribution < -0.4 is 12.4 Å². The number of aliphatic imine (C=N–C) groups is 1. The predicted octanol–water partition coefficient (Wildman–Crippen LogP) is 5.74. The van der Waals surface area contributed by atoms with Crippen LogP contribution in [-0.2, 0) is 6.54 Å². The number of amidine groups is 1. The number of hydrogen-bond acceptors (Lipinski definition) is 2. The van der Waals surface area contributed by atoms with Crippen LogP contribution >= 0.6 is 0 Å². The molecule has 0 aromatic heterocycles. The summed E-state index contributed by atoms with van der Waals surface area (Å²) in [5.74, 6) is 1.10. The summed E-state index contributed by atoms with van der Waals surface area (Å²) in [7, 11) is 0. The van der Waals surface area contributed by atoms with E-state index in [-0.39, 0.29) is 19.0 Å². The maximum absolute atomic E-state index is 9.60. The zero-order valence-corrected chi connectivity index (χ0v) is 23.8. The molecule has 0 saturated heterocycles. The Balaban J connectivity index is 0.00000648. The quantitative estimate of drug-likeness (QED) is 0.126. The normalized spacial score (nSPS) is 19.4. The van der Waals surface area contributed by atoms with Crippen molar-refractivity contribution >= 4 is 5.84 Å².